The van der Waals surface area contributed by atoms with E-state index in [-0.39, 0.29) is 12.2 Å². The van der Waals surface area contributed by atoms with Gasteiger partial charge in [-0.2, -0.15) is 0 Å². The number of carbonyl (C=O) groups excluding carboxylic acids is 3. The van der Waals surface area contributed by atoms with Crippen LogP contribution in [0.15, 0.2) is 48.5 Å². The Morgan fingerprint density at radius 1 is 0.919 bits per heavy atom. The molecule has 8 nitrogen and oxygen atoms in total. The predicted molar refractivity (Wildman–Crippen MR) is 146 cm³/mol. The summed E-state index contributed by atoms with van der Waals surface area (Å²) >= 11 is 0. The molecule has 0 fully saturated rings. The van der Waals surface area contributed by atoms with Crippen molar-refractivity contribution in [3.05, 3.63) is 70.8 Å². The quantitative estimate of drug-likeness (QED) is 0.249. The summed E-state index contributed by atoms with van der Waals surface area (Å²) in [6, 6.07) is 13.5. The first-order valence-electron chi connectivity index (χ1n) is 12.4. The Kier molecular flexibility index (Phi) is 9.63. The number of aryl methyl sites for hydroxylation is 3. The third-order valence-electron chi connectivity index (χ3n) is 6.01. The molecule has 37 heavy (non-hydrogen) atoms. The number of rotatable bonds is 10. The molecule has 3 aromatic carbocycles. The van der Waals surface area contributed by atoms with Crippen LogP contribution >= 0.6 is 0 Å². The highest BCUT2D eigenvalue weighted by Gasteiger charge is 2.24. The Hall–Kier alpha value is -3.91. The number of hydrogen-bond acceptors (Lipinski definition) is 5. The topological polar surface area (TPSA) is 106 Å². The van der Waals surface area contributed by atoms with Crippen LogP contribution in [0.3, 0.4) is 0 Å². The molecule has 0 spiro atoms. The average Bonchev–Trinajstić information content (AvgIpc) is 2.87. The number of carbonyl (C=O) groups is 3. The zero-order chi connectivity index (χ0) is 26.9. The number of hydrogen-bond donors (Lipinski definition) is 3. The molecule has 0 radical (unpaired) electrons. The number of urea groups is 1. The standard InChI is InChI=1S/C29H35N3O5/c1-6-7-12-37-17-25(28(34)36-5)30-27(33)23-15-21-10-8-9-11-22(21)16-24(23)31-29(35)32-26-19(3)13-18(2)14-20(26)4/h8-11,13-16,25H,6-7,12,17H2,1-5H3,(H,30,33)(H2,31,32,35)/t25-/m0/s1. The van der Waals surface area contributed by atoms with Gasteiger partial charge in [0.25, 0.3) is 5.91 Å². The second kappa shape index (κ2) is 12.9. The van der Waals surface area contributed by atoms with Gasteiger partial charge in [0.05, 0.1) is 25.0 Å². The Bertz CT molecular complexity index is 1260. The molecule has 0 saturated heterocycles. The fourth-order valence-corrected chi connectivity index (χ4v) is 4.17. The maximum atomic E-state index is 13.4. The van der Waals surface area contributed by atoms with Crippen LogP contribution in [0.1, 0.15) is 46.8 Å². The van der Waals surface area contributed by atoms with Crippen molar-refractivity contribution >= 4 is 40.1 Å². The minimum atomic E-state index is -0.986. The van der Waals surface area contributed by atoms with Gasteiger partial charge < -0.3 is 25.4 Å². The van der Waals surface area contributed by atoms with Crippen molar-refractivity contribution < 1.29 is 23.9 Å². The van der Waals surface area contributed by atoms with E-state index >= 15 is 0 Å². The van der Waals surface area contributed by atoms with Gasteiger partial charge in [-0.1, -0.05) is 55.3 Å². The fraction of sp³-hybridized carbons (Fsp3) is 0.345. The molecule has 8 heteroatoms. The highest BCUT2D eigenvalue weighted by molar-refractivity contribution is 6.10. The van der Waals surface area contributed by atoms with E-state index in [9.17, 15) is 14.4 Å². The van der Waals surface area contributed by atoms with Gasteiger partial charge in [-0.25, -0.2) is 9.59 Å². The van der Waals surface area contributed by atoms with Gasteiger partial charge in [-0.15, -0.1) is 0 Å². The van der Waals surface area contributed by atoms with Crippen LogP contribution in [-0.2, 0) is 14.3 Å². The van der Waals surface area contributed by atoms with Crippen molar-refractivity contribution in [1.29, 1.82) is 0 Å². The molecule has 1 atom stereocenters. The minimum Gasteiger partial charge on any atom is -0.467 e. The third-order valence-corrected chi connectivity index (χ3v) is 6.01. The van der Waals surface area contributed by atoms with Gasteiger partial charge in [0, 0.05) is 12.3 Å². The zero-order valence-corrected chi connectivity index (χ0v) is 22.1. The van der Waals surface area contributed by atoms with Crippen LogP contribution in [0, 0.1) is 20.8 Å². The van der Waals surface area contributed by atoms with Crippen LogP contribution < -0.4 is 16.0 Å². The number of nitrogens with one attached hydrogen (secondary N) is 3. The summed E-state index contributed by atoms with van der Waals surface area (Å²) in [6.07, 6.45) is 1.79. The van der Waals surface area contributed by atoms with E-state index < -0.39 is 23.9 Å². The van der Waals surface area contributed by atoms with Crippen molar-refractivity contribution in [3.8, 4) is 0 Å². The molecule has 0 aliphatic rings. The zero-order valence-electron chi connectivity index (χ0n) is 22.1. The molecule has 3 N–H and O–H groups in total. The third kappa shape index (κ3) is 7.30. The molecule has 196 valence electrons. The average molecular weight is 506 g/mol. The molecule has 3 aromatic rings. The van der Waals surface area contributed by atoms with Gasteiger partial charge in [0.2, 0.25) is 0 Å². The van der Waals surface area contributed by atoms with Crippen LogP contribution in [0.5, 0.6) is 0 Å². The van der Waals surface area contributed by atoms with Crippen molar-refractivity contribution in [2.45, 2.75) is 46.6 Å². The number of ether oxygens (including phenoxy) is 2. The first kappa shape index (κ1) is 27.7. The van der Waals surface area contributed by atoms with Crippen LogP contribution in [0.25, 0.3) is 10.8 Å². The summed E-state index contributed by atoms with van der Waals surface area (Å²) in [5.41, 5.74) is 4.22. The lowest BCUT2D eigenvalue weighted by Crippen LogP contribution is -2.45. The molecule has 0 saturated carbocycles. The fourth-order valence-electron chi connectivity index (χ4n) is 4.17. The summed E-state index contributed by atoms with van der Waals surface area (Å²) < 4.78 is 10.4. The van der Waals surface area contributed by atoms with E-state index in [4.69, 9.17) is 9.47 Å². The highest BCUT2D eigenvalue weighted by Crippen LogP contribution is 2.26. The SMILES string of the molecule is CCCCOC[C@H](NC(=O)c1cc2ccccc2cc1NC(=O)Nc1c(C)cc(C)cc1C)C(=O)OC. The Balaban J connectivity index is 1.88. The highest BCUT2D eigenvalue weighted by atomic mass is 16.5. The summed E-state index contributed by atoms with van der Waals surface area (Å²) in [6.45, 7) is 8.36. The molecule has 0 aliphatic heterocycles. The number of esters is 1. The molecule has 0 aromatic heterocycles. The first-order valence-corrected chi connectivity index (χ1v) is 12.4. The maximum Gasteiger partial charge on any atom is 0.330 e. The molecule has 0 aliphatic carbocycles. The van der Waals surface area contributed by atoms with E-state index in [0.717, 1.165) is 40.3 Å². The number of benzene rings is 3. The van der Waals surface area contributed by atoms with Crippen molar-refractivity contribution in [2.75, 3.05) is 31.0 Å². The van der Waals surface area contributed by atoms with Crippen molar-refractivity contribution in [3.63, 3.8) is 0 Å². The van der Waals surface area contributed by atoms with Crippen molar-refractivity contribution in [2.24, 2.45) is 0 Å². The molecular weight excluding hydrogens is 470 g/mol. The Morgan fingerprint density at radius 3 is 2.19 bits per heavy atom. The summed E-state index contributed by atoms with van der Waals surface area (Å²) in [5, 5.41) is 10.1. The Morgan fingerprint density at radius 2 is 1.57 bits per heavy atom. The second-order valence-corrected chi connectivity index (χ2v) is 9.08. The van der Waals surface area contributed by atoms with Gasteiger partial charge in [-0.3, -0.25) is 4.79 Å². The number of methoxy groups -OCH3 is 1. The lowest BCUT2D eigenvalue weighted by molar-refractivity contribution is -0.144. The predicted octanol–water partition coefficient (Wildman–Crippen LogP) is 5.50. The minimum absolute atomic E-state index is 0.0127. The van der Waals surface area contributed by atoms with Crippen LogP contribution in [0.2, 0.25) is 0 Å². The maximum absolute atomic E-state index is 13.4. The summed E-state index contributed by atoms with van der Waals surface area (Å²) in [5.74, 6) is -1.14. The number of anilines is 2. The molecule has 0 unspecified atom stereocenters. The van der Waals surface area contributed by atoms with Gasteiger partial charge in [0.15, 0.2) is 6.04 Å². The lowest BCUT2D eigenvalue weighted by Gasteiger charge is -2.19. The van der Waals surface area contributed by atoms with Gasteiger partial charge in [0.1, 0.15) is 0 Å². The summed E-state index contributed by atoms with van der Waals surface area (Å²) in [4.78, 5) is 38.7. The van der Waals surface area contributed by atoms with E-state index in [2.05, 4.69) is 16.0 Å². The number of unbranched alkanes of at least 4 members (excludes halogenated alkanes) is 1. The molecule has 3 rings (SSSR count). The van der Waals surface area contributed by atoms with Crippen LogP contribution in [0.4, 0.5) is 16.2 Å². The van der Waals surface area contributed by atoms with Crippen LogP contribution in [-0.4, -0.2) is 44.3 Å². The van der Waals surface area contributed by atoms with E-state index in [1.165, 1.54) is 7.11 Å². The van der Waals surface area contributed by atoms with E-state index in [1.807, 2.05) is 64.1 Å². The normalized spacial score (nSPS) is 11.6. The smallest absolute Gasteiger partial charge is 0.330 e. The first-order chi connectivity index (χ1) is 17.7. The van der Waals surface area contributed by atoms with E-state index in [1.54, 1.807) is 12.1 Å². The van der Waals surface area contributed by atoms with Gasteiger partial charge in [-0.05, 0) is 61.2 Å². The molecular formula is C29H35N3O5. The largest absolute Gasteiger partial charge is 0.467 e. The molecule has 0 bridgehead atoms. The van der Waals surface area contributed by atoms with Crippen molar-refractivity contribution in [1.82, 2.24) is 5.32 Å². The summed E-state index contributed by atoms with van der Waals surface area (Å²) in [7, 11) is 1.26. The Labute approximate surface area is 217 Å². The van der Waals surface area contributed by atoms with E-state index in [0.29, 0.717) is 18.0 Å². The monoisotopic (exact) mass is 505 g/mol. The molecule has 3 amide bonds. The second-order valence-electron chi connectivity index (χ2n) is 9.08. The van der Waals surface area contributed by atoms with Gasteiger partial charge >= 0.3 is 12.0 Å². The molecule has 0 heterocycles. The lowest BCUT2D eigenvalue weighted by atomic mass is 10.0. The number of amides is 3. The number of fused-ring (bicyclic) bond motifs is 1.